The van der Waals surface area contributed by atoms with E-state index >= 15 is 0 Å². The Morgan fingerprint density at radius 2 is 1.69 bits per heavy atom. The van der Waals surface area contributed by atoms with Crippen molar-refractivity contribution >= 4 is 0 Å². The summed E-state index contributed by atoms with van der Waals surface area (Å²) in [6.07, 6.45) is 3.35. The van der Waals surface area contributed by atoms with Gasteiger partial charge >= 0.3 is 0 Å². The normalized spacial score (nSPS) is 13.0. The lowest BCUT2D eigenvalue weighted by molar-refractivity contribution is -0.0245. The lowest BCUT2D eigenvalue weighted by Gasteiger charge is -2.35. The minimum Gasteiger partial charge on any atom is -0.494 e. The van der Waals surface area contributed by atoms with Crippen molar-refractivity contribution in [3.05, 3.63) is 114 Å². The van der Waals surface area contributed by atoms with Crippen LogP contribution < -0.4 is 4.74 Å². The number of ether oxygens (including phenoxy) is 1. The standard InChI is InChI=1S/C27H27F3N4O2/c28-22-9-7-21(8-10-22)16-33(13-4-14-36-24-5-2-1-3-6-24)17-27(35,18-34-20-31-19-32-34)25-12-11-23(29)15-26(25)30/h1-3,5-12,15,19-20,35H,4,13-14,16-18H2. The number of nitrogens with zero attached hydrogens (tertiary/aromatic N) is 4. The van der Waals surface area contributed by atoms with E-state index in [2.05, 4.69) is 10.1 Å². The Kier molecular flexibility index (Phi) is 8.35. The average Bonchev–Trinajstić information content (AvgIpc) is 3.36. The van der Waals surface area contributed by atoms with Gasteiger partial charge in [-0.05, 0) is 42.3 Å². The molecule has 0 amide bonds. The number of para-hydroxylation sites is 1. The molecule has 4 rings (SSSR count). The molecule has 0 fully saturated rings. The second kappa shape index (κ2) is 11.8. The highest BCUT2D eigenvalue weighted by atomic mass is 19.1. The van der Waals surface area contributed by atoms with E-state index in [4.69, 9.17) is 4.74 Å². The Bertz CT molecular complexity index is 1220. The summed E-state index contributed by atoms with van der Waals surface area (Å²) in [6, 6.07) is 18.6. The van der Waals surface area contributed by atoms with Crippen molar-refractivity contribution in [3.8, 4) is 5.75 Å². The van der Waals surface area contributed by atoms with Crippen LogP contribution in [0.2, 0.25) is 0 Å². The molecule has 188 valence electrons. The molecule has 36 heavy (non-hydrogen) atoms. The van der Waals surface area contributed by atoms with E-state index in [1.54, 1.807) is 12.1 Å². The van der Waals surface area contributed by atoms with Gasteiger partial charge in [0.05, 0.1) is 13.2 Å². The van der Waals surface area contributed by atoms with Gasteiger partial charge in [0.15, 0.2) is 0 Å². The summed E-state index contributed by atoms with van der Waals surface area (Å²) in [5.41, 5.74) is -0.988. The molecule has 6 nitrogen and oxygen atoms in total. The van der Waals surface area contributed by atoms with Crippen molar-refractivity contribution in [2.75, 3.05) is 19.7 Å². The molecule has 0 aliphatic carbocycles. The molecule has 1 heterocycles. The summed E-state index contributed by atoms with van der Waals surface area (Å²) in [5, 5.41) is 15.8. The predicted octanol–water partition coefficient (Wildman–Crippen LogP) is 4.55. The highest BCUT2D eigenvalue weighted by Gasteiger charge is 2.35. The van der Waals surface area contributed by atoms with E-state index in [1.165, 1.54) is 35.5 Å². The molecule has 4 aromatic rings. The summed E-state index contributed by atoms with van der Waals surface area (Å²) in [4.78, 5) is 5.83. The molecule has 1 N–H and O–H groups in total. The number of rotatable bonds is 12. The predicted molar refractivity (Wildman–Crippen MR) is 129 cm³/mol. The van der Waals surface area contributed by atoms with Crippen LogP contribution in [0.1, 0.15) is 17.5 Å². The van der Waals surface area contributed by atoms with Gasteiger partial charge < -0.3 is 9.84 Å². The van der Waals surface area contributed by atoms with E-state index in [1.807, 2.05) is 35.2 Å². The molecular weight excluding hydrogens is 469 g/mol. The fraction of sp³-hybridized carbons (Fsp3) is 0.259. The van der Waals surface area contributed by atoms with Gasteiger partial charge in [-0.15, -0.1) is 0 Å². The zero-order valence-electron chi connectivity index (χ0n) is 19.6. The Balaban J connectivity index is 1.55. The topological polar surface area (TPSA) is 63.4 Å². The molecule has 0 bridgehead atoms. The molecule has 0 saturated carbocycles. The van der Waals surface area contributed by atoms with Crippen LogP contribution in [0.25, 0.3) is 0 Å². The van der Waals surface area contributed by atoms with E-state index in [0.717, 1.165) is 23.4 Å². The third kappa shape index (κ3) is 6.93. The first-order valence-corrected chi connectivity index (χ1v) is 11.6. The molecule has 3 aromatic carbocycles. The number of hydrogen-bond acceptors (Lipinski definition) is 5. The zero-order valence-corrected chi connectivity index (χ0v) is 19.6. The van der Waals surface area contributed by atoms with Gasteiger partial charge in [-0.25, -0.2) is 22.8 Å². The average molecular weight is 497 g/mol. The molecule has 0 aliphatic rings. The van der Waals surface area contributed by atoms with Crippen molar-refractivity contribution in [1.29, 1.82) is 0 Å². The Hall–Kier alpha value is -3.69. The molecule has 1 unspecified atom stereocenters. The maximum atomic E-state index is 14.9. The molecule has 0 spiro atoms. The molecule has 0 aliphatic heterocycles. The SMILES string of the molecule is OC(CN(CCCOc1ccccc1)Cc1ccc(F)cc1)(Cn1cncn1)c1ccc(F)cc1F. The smallest absolute Gasteiger partial charge is 0.137 e. The fourth-order valence-electron chi connectivity index (χ4n) is 4.10. The summed E-state index contributed by atoms with van der Waals surface area (Å²) in [6.45, 7) is 1.19. The maximum Gasteiger partial charge on any atom is 0.137 e. The number of aliphatic hydroxyl groups is 1. The quantitative estimate of drug-likeness (QED) is 0.292. The van der Waals surface area contributed by atoms with Gasteiger partial charge in [-0.1, -0.05) is 36.4 Å². The van der Waals surface area contributed by atoms with Gasteiger partial charge in [0, 0.05) is 31.3 Å². The zero-order chi connectivity index (χ0) is 25.4. The minimum absolute atomic E-state index is 0.00186. The molecule has 0 saturated heterocycles. The van der Waals surface area contributed by atoms with E-state index in [0.29, 0.717) is 26.1 Å². The Morgan fingerprint density at radius 3 is 2.39 bits per heavy atom. The van der Waals surface area contributed by atoms with Crippen LogP contribution in [0.15, 0.2) is 85.5 Å². The van der Waals surface area contributed by atoms with Crippen LogP contribution in [-0.2, 0) is 18.7 Å². The highest BCUT2D eigenvalue weighted by Crippen LogP contribution is 2.28. The van der Waals surface area contributed by atoms with E-state index < -0.39 is 17.2 Å². The van der Waals surface area contributed by atoms with Gasteiger partial charge in [-0.3, -0.25) is 4.90 Å². The fourth-order valence-corrected chi connectivity index (χ4v) is 4.10. The maximum absolute atomic E-state index is 14.9. The molecular formula is C27H27F3N4O2. The van der Waals surface area contributed by atoms with Crippen LogP contribution in [0, 0.1) is 17.5 Å². The lowest BCUT2D eigenvalue weighted by atomic mass is 9.92. The largest absolute Gasteiger partial charge is 0.494 e. The third-order valence-electron chi connectivity index (χ3n) is 5.76. The van der Waals surface area contributed by atoms with Crippen LogP contribution in [0.4, 0.5) is 13.2 Å². The van der Waals surface area contributed by atoms with Crippen LogP contribution in [0.5, 0.6) is 5.75 Å². The summed E-state index contributed by atoms with van der Waals surface area (Å²) in [5.74, 6) is -1.19. The highest BCUT2D eigenvalue weighted by molar-refractivity contribution is 5.26. The van der Waals surface area contributed by atoms with E-state index in [9.17, 15) is 18.3 Å². The molecule has 1 atom stereocenters. The van der Waals surface area contributed by atoms with Gasteiger partial charge in [0.1, 0.15) is 41.5 Å². The first kappa shape index (κ1) is 25.4. The first-order chi connectivity index (χ1) is 17.4. The summed E-state index contributed by atoms with van der Waals surface area (Å²) in [7, 11) is 0. The minimum atomic E-state index is -1.76. The van der Waals surface area contributed by atoms with Crippen molar-refractivity contribution in [2.24, 2.45) is 0 Å². The van der Waals surface area contributed by atoms with Crippen molar-refractivity contribution in [1.82, 2.24) is 19.7 Å². The van der Waals surface area contributed by atoms with Crippen molar-refractivity contribution < 1.29 is 23.0 Å². The summed E-state index contributed by atoms with van der Waals surface area (Å²) < 4.78 is 49.2. The molecule has 1 aromatic heterocycles. The second-order valence-corrected chi connectivity index (χ2v) is 8.60. The van der Waals surface area contributed by atoms with Gasteiger partial charge in [-0.2, -0.15) is 5.10 Å². The van der Waals surface area contributed by atoms with Crippen LogP contribution in [0.3, 0.4) is 0 Å². The van der Waals surface area contributed by atoms with Crippen molar-refractivity contribution in [3.63, 3.8) is 0 Å². The number of benzene rings is 3. The summed E-state index contributed by atoms with van der Waals surface area (Å²) >= 11 is 0. The van der Waals surface area contributed by atoms with Crippen molar-refractivity contribution in [2.45, 2.75) is 25.1 Å². The van der Waals surface area contributed by atoms with Crippen LogP contribution in [-0.4, -0.2) is 44.5 Å². The van der Waals surface area contributed by atoms with Crippen LogP contribution >= 0.6 is 0 Å². The number of aromatic nitrogens is 3. The third-order valence-corrected chi connectivity index (χ3v) is 5.76. The van der Waals surface area contributed by atoms with Gasteiger partial charge in [0.2, 0.25) is 0 Å². The Labute approximate surface area is 207 Å². The number of halogens is 3. The lowest BCUT2D eigenvalue weighted by Crippen LogP contribution is -2.45. The monoisotopic (exact) mass is 496 g/mol. The van der Waals surface area contributed by atoms with Gasteiger partial charge in [0.25, 0.3) is 0 Å². The Morgan fingerprint density at radius 1 is 0.944 bits per heavy atom. The molecule has 0 radical (unpaired) electrons. The first-order valence-electron chi connectivity index (χ1n) is 11.6. The number of hydrogen-bond donors (Lipinski definition) is 1. The van der Waals surface area contributed by atoms with E-state index in [-0.39, 0.29) is 24.5 Å². The second-order valence-electron chi connectivity index (χ2n) is 8.60. The molecule has 9 heteroatoms.